The first-order valence-corrected chi connectivity index (χ1v) is 27.9. The third kappa shape index (κ3) is 15.5. The van der Waals surface area contributed by atoms with E-state index >= 15 is 4.39 Å². The predicted molar refractivity (Wildman–Crippen MR) is 303 cm³/mol. The summed E-state index contributed by atoms with van der Waals surface area (Å²) in [6.07, 6.45) is 3.89. The van der Waals surface area contributed by atoms with Crippen LogP contribution in [0, 0.1) is 17.6 Å². The number of alkyl carbamates (subject to hydrolysis) is 1. The molecule has 0 saturated carbocycles. The second kappa shape index (κ2) is 27.2. The average Bonchev–Trinajstić information content (AvgIpc) is 3.52. The van der Waals surface area contributed by atoms with E-state index < -0.39 is 71.4 Å². The molecule has 26 heteroatoms. The highest BCUT2D eigenvalue weighted by molar-refractivity contribution is 5.87. The number of aliphatic hydroxyl groups is 1. The number of nitrogens with two attached hydrogens (primary N) is 1. The summed E-state index contributed by atoms with van der Waals surface area (Å²) in [6, 6.07) is 20.0. The lowest BCUT2D eigenvalue weighted by Crippen LogP contribution is -2.46. The molecule has 2 fully saturated rings. The quantitative estimate of drug-likeness (QED) is 0.0247. The lowest BCUT2D eigenvalue weighted by molar-refractivity contribution is -0.753. The van der Waals surface area contributed by atoms with Crippen LogP contribution in [0.2, 0.25) is 0 Å². The molecule has 0 radical (unpaired) electrons. The molecule has 1 unspecified atom stereocenters. The normalized spacial score (nSPS) is 17.6. The van der Waals surface area contributed by atoms with Crippen LogP contribution in [0.15, 0.2) is 109 Å². The number of carbonyl (C=O) groups is 4. The van der Waals surface area contributed by atoms with E-state index in [9.17, 15) is 33.5 Å². The van der Waals surface area contributed by atoms with Gasteiger partial charge in [-0.1, -0.05) is 19.1 Å². The second-order valence-corrected chi connectivity index (χ2v) is 21.9. The van der Waals surface area contributed by atoms with Crippen LogP contribution < -0.4 is 46.1 Å². The number of anilines is 3. The van der Waals surface area contributed by atoms with E-state index in [0.29, 0.717) is 29.8 Å². The SMILES string of the molecule is CC[C@@H]([C@H](C)O)n1ncn(-c2ccc(N3CCN(c4ccc(OC[C@@H]5CO[C@@](Cn6c[n+](C(C)OC(=O)N(C)c7ncccc7COC(=O)[C@H](CCCNC(N)=O)NC(=O)OC(C)(C)C)cn6)(c6ccc(F)cc6F)C5)cc4)CC3)cc2)c1=O. The van der Waals surface area contributed by atoms with Crippen LogP contribution in [-0.2, 0) is 42.5 Å². The van der Waals surface area contributed by atoms with Gasteiger partial charge in [0.05, 0.1) is 31.0 Å². The zero-order chi connectivity index (χ0) is 60.3. The number of urea groups is 1. The average molecular weight is 1170 g/mol. The van der Waals surface area contributed by atoms with Crippen LogP contribution in [0.3, 0.4) is 0 Å². The number of ether oxygens (including phenoxy) is 5. The van der Waals surface area contributed by atoms with E-state index in [1.165, 1.54) is 56.5 Å². The number of benzene rings is 3. The molecule has 24 nitrogen and oxygen atoms in total. The maximum atomic E-state index is 15.7. The molecule has 8 rings (SSSR count). The lowest BCUT2D eigenvalue weighted by Gasteiger charge is -2.37. The van der Waals surface area contributed by atoms with Gasteiger partial charge in [-0.3, -0.25) is 4.90 Å². The van der Waals surface area contributed by atoms with Crippen LogP contribution >= 0.6 is 0 Å². The van der Waals surface area contributed by atoms with Gasteiger partial charge in [0.1, 0.15) is 59.9 Å². The van der Waals surface area contributed by atoms with E-state index in [4.69, 9.17) is 29.4 Å². The van der Waals surface area contributed by atoms with E-state index in [1.807, 2.05) is 55.5 Å². The van der Waals surface area contributed by atoms with Crippen molar-refractivity contribution in [3.63, 3.8) is 0 Å². The fourth-order valence-electron chi connectivity index (χ4n) is 10.2. The number of esters is 1. The van der Waals surface area contributed by atoms with Crippen molar-refractivity contribution in [1.29, 1.82) is 0 Å². The Morgan fingerprint density at radius 3 is 2.29 bits per heavy atom. The summed E-state index contributed by atoms with van der Waals surface area (Å²) >= 11 is 0. The number of aliphatic hydroxyl groups excluding tert-OH is 1. The zero-order valence-electron chi connectivity index (χ0n) is 48.2. The third-order valence-electron chi connectivity index (χ3n) is 14.6. The summed E-state index contributed by atoms with van der Waals surface area (Å²) in [4.78, 5) is 74.0. The maximum absolute atomic E-state index is 15.7. The summed E-state index contributed by atoms with van der Waals surface area (Å²) in [7, 11) is 1.43. The Balaban J connectivity index is 0.840. The molecule has 2 aliphatic heterocycles. The number of rotatable bonds is 23. The largest absolute Gasteiger partial charge is 0.493 e. The first-order valence-electron chi connectivity index (χ1n) is 27.9. The highest BCUT2D eigenvalue weighted by Crippen LogP contribution is 2.42. The minimum Gasteiger partial charge on any atom is -0.493 e. The molecule has 2 saturated heterocycles. The monoisotopic (exact) mass is 1170 g/mol. The number of nitrogens with one attached hydrogen (secondary N) is 2. The Morgan fingerprint density at radius 1 is 0.964 bits per heavy atom. The van der Waals surface area contributed by atoms with Gasteiger partial charge in [-0.25, -0.2) is 47.0 Å². The van der Waals surface area contributed by atoms with Crippen molar-refractivity contribution >= 4 is 41.4 Å². The molecule has 6 atom stereocenters. The van der Waals surface area contributed by atoms with Gasteiger partial charge < -0.3 is 55.0 Å². The molecule has 4 amide bonds. The molecule has 3 aromatic heterocycles. The third-order valence-corrected chi connectivity index (χ3v) is 14.6. The molecule has 5 heterocycles. The molecule has 6 aromatic rings. The van der Waals surface area contributed by atoms with Gasteiger partial charge in [-0.05, 0) is 114 Å². The van der Waals surface area contributed by atoms with Crippen molar-refractivity contribution in [1.82, 2.24) is 39.7 Å². The number of amides is 4. The number of carbonyl (C=O) groups excluding carboxylic acids is 4. The smallest absolute Gasteiger partial charge is 0.418 e. The van der Waals surface area contributed by atoms with Crippen molar-refractivity contribution in [3.8, 4) is 11.4 Å². The minimum atomic E-state index is -1.28. The molecule has 84 heavy (non-hydrogen) atoms. The standard InChI is InChI=1S/C58H73F2N13O11/c1-8-50(38(2)74)73-55(78)72(36-65-73)45-16-14-43(15-17-45)68-25-27-69(28-26-68)44-18-20-46(21-19-44)80-31-40-30-58(82-32-40,47-22-13-42(59)29-48(47)60)34-71-37-70(35-64-71)39(3)83-56(79)67(7)51-41(11-9-23-62-51)33-81-52(75)49(12-10-24-63-53(61)76)66-54(77)84-57(4,5)6/h9,11,13-23,29,35-40,49-50,74H,8,10,12,24-28,30-34H2,1-7H3,(H3-,61,63,66,76,77)/p+1/t38-,39?,40+,49-,50-,58-/m0/s1. The molecule has 3 aromatic carbocycles. The maximum Gasteiger partial charge on any atom is 0.418 e. The molecular weight excluding hydrogens is 1090 g/mol. The van der Waals surface area contributed by atoms with Gasteiger partial charge in [0.2, 0.25) is 12.6 Å². The summed E-state index contributed by atoms with van der Waals surface area (Å²) in [5.74, 6) is -1.73. The van der Waals surface area contributed by atoms with Crippen LogP contribution in [0.5, 0.6) is 5.75 Å². The zero-order valence-corrected chi connectivity index (χ0v) is 48.2. The van der Waals surface area contributed by atoms with Crippen molar-refractivity contribution in [2.75, 3.05) is 67.7 Å². The van der Waals surface area contributed by atoms with E-state index in [-0.39, 0.29) is 68.7 Å². The second-order valence-electron chi connectivity index (χ2n) is 21.9. The van der Waals surface area contributed by atoms with Gasteiger partial charge in [0.15, 0.2) is 0 Å². The molecule has 0 bridgehead atoms. The molecule has 450 valence electrons. The number of nitrogens with zero attached hydrogens (tertiary/aromatic N) is 10. The molecular formula is C58H74F2N13O11+. The number of aromatic nitrogens is 7. The topological polar surface area (TPSA) is 269 Å². The summed E-state index contributed by atoms with van der Waals surface area (Å²) < 4.78 is 65.4. The van der Waals surface area contributed by atoms with Crippen molar-refractivity contribution < 1.29 is 61.3 Å². The summed E-state index contributed by atoms with van der Waals surface area (Å²) in [6.45, 7) is 13.6. The Kier molecular flexibility index (Phi) is 19.9. The molecule has 0 aliphatic carbocycles. The number of pyridine rings is 1. The number of hydrogen-bond acceptors (Lipinski definition) is 16. The Morgan fingerprint density at radius 2 is 1.64 bits per heavy atom. The highest BCUT2D eigenvalue weighted by Gasteiger charge is 2.46. The Labute approximate surface area is 485 Å². The van der Waals surface area contributed by atoms with Gasteiger partial charge in [0.25, 0.3) is 6.33 Å². The molecule has 0 spiro atoms. The van der Waals surface area contributed by atoms with Crippen LogP contribution in [-0.4, -0.2) is 129 Å². The predicted octanol–water partition coefficient (Wildman–Crippen LogP) is 6.04. The first-order chi connectivity index (χ1) is 40.1. The van der Waals surface area contributed by atoms with Gasteiger partial charge in [-0.15, -0.1) is 4.68 Å². The van der Waals surface area contributed by atoms with Gasteiger partial charge in [0, 0.05) is 92.5 Å². The molecule has 5 N–H and O–H groups in total. The number of hydrogen-bond donors (Lipinski definition) is 4. The number of halogens is 2. The molecule has 2 aliphatic rings. The summed E-state index contributed by atoms with van der Waals surface area (Å²) in [5, 5.41) is 23.9. The van der Waals surface area contributed by atoms with Gasteiger partial charge in [-0.2, -0.15) is 9.67 Å². The fourth-order valence-corrected chi connectivity index (χ4v) is 10.2. The van der Waals surface area contributed by atoms with Gasteiger partial charge >= 0.3 is 29.9 Å². The van der Waals surface area contributed by atoms with Crippen LogP contribution in [0.4, 0.5) is 40.4 Å². The fraction of sp³-hybridized carbons (Fsp3) is 0.466. The Bertz CT molecular complexity index is 3270. The van der Waals surface area contributed by atoms with Crippen molar-refractivity contribution in [2.45, 2.75) is 116 Å². The highest BCUT2D eigenvalue weighted by atomic mass is 19.1. The van der Waals surface area contributed by atoms with Crippen LogP contribution in [0.1, 0.15) is 90.6 Å². The Hall–Kier alpha value is -8.65. The lowest BCUT2D eigenvalue weighted by atomic mass is 9.87. The van der Waals surface area contributed by atoms with Crippen molar-refractivity contribution in [3.05, 3.63) is 137 Å². The van der Waals surface area contributed by atoms with Crippen LogP contribution in [0.25, 0.3) is 5.69 Å². The van der Waals surface area contributed by atoms with E-state index in [2.05, 4.69) is 35.6 Å². The van der Waals surface area contributed by atoms with Crippen molar-refractivity contribution in [2.24, 2.45) is 11.7 Å². The number of primary amides is 1. The first kappa shape index (κ1) is 61.4. The summed E-state index contributed by atoms with van der Waals surface area (Å²) in [5.41, 5.74) is 6.01. The van der Waals surface area contributed by atoms with E-state index in [1.54, 1.807) is 53.1 Å². The minimum absolute atomic E-state index is 0.0140. The number of piperazine rings is 1. The van der Waals surface area contributed by atoms with E-state index in [0.717, 1.165) is 48.5 Å².